The first kappa shape index (κ1) is 13.9. The number of aryl methyl sites for hydroxylation is 1. The van der Waals surface area contributed by atoms with Crippen molar-refractivity contribution in [3.63, 3.8) is 0 Å². The molecule has 2 rings (SSSR count). The third-order valence-corrected chi connectivity index (χ3v) is 2.79. The lowest BCUT2D eigenvalue weighted by molar-refractivity contribution is 0.0601. The van der Waals surface area contributed by atoms with E-state index in [0.29, 0.717) is 28.3 Å². The largest absolute Gasteiger partial charge is 0.465 e. The number of methoxy groups -OCH3 is 1. The SMILES string of the molecule is COC(=O)c1ccc(Oc2ccc(F)c(C)c2)c(N)c1. The van der Waals surface area contributed by atoms with Gasteiger partial charge >= 0.3 is 5.97 Å². The summed E-state index contributed by atoms with van der Waals surface area (Å²) in [7, 11) is 1.30. The molecule has 0 aliphatic carbocycles. The molecule has 0 saturated heterocycles. The van der Waals surface area contributed by atoms with E-state index in [0.717, 1.165) is 0 Å². The van der Waals surface area contributed by atoms with E-state index < -0.39 is 5.97 Å². The molecular weight excluding hydrogens is 261 g/mol. The van der Waals surface area contributed by atoms with Crippen LogP contribution in [0.1, 0.15) is 15.9 Å². The van der Waals surface area contributed by atoms with E-state index in [1.807, 2.05) is 0 Å². The average Bonchev–Trinajstić information content (AvgIpc) is 2.44. The predicted molar refractivity (Wildman–Crippen MR) is 73.4 cm³/mol. The highest BCUT2D eigenvalue weighted by molar-refractivity contribution is 5.90. The maximum atomic E-state index is 13.2. The van der Waals surface area contributed by atoms with Crippen LogP contribution in [-0.2, 0) is 4.74 Å². The number of halogens is 1. The molecule has 5 heteroatoms. The number of hydrogen-bond acceptors (Lipinski definition) is 4. The minimum absolute atomic E-state index is 0.300. The van der Waals surface area contributed by atoms with Gasteiger partial charge < -0.3 is 15.2 Å². The Morgan fingerprint density at radius 2 is 1.95 bits per heavy atom. The lowest BCUT2D eigenvalue weighted by Crippen LogP contribution is -2.02. The number of benzene rings is 2. The van der Waals surface area contributed by atoms with Gasteiger partial charge in [0.15, 0.2) is 0 Å². The van der Waals surface area contributed by atoms with E-state index in [9.17, 15) is 9.18 Å². The number of nitrogens with two attached hydrogens (primary N) is 1. The number of hydrogen-bond donors (Lipinski definition) is 1. The molecule has 2 N–H and O–H groups in total. The minimum Gasteiger partial charge on any atom is -0.465 e. The molecule has 0 spiro atoms. The van der Waals surface area contributed by atoms with E-state index in [2.05, 4.69) is 4.74 Å². The molecule has 2 aromatic rings. The minimum atomic E-state index is -0.471. The lowest BCUT2D eigenvalue weighted by atomic mass is 10.2. The van der Waals surface area contributed by atoms with Crippen molar-refractivity contribution >= 4 is 11.7 Å². The molecule has 0 bridgehead atoms. The molecule has 0 aliphatic rings. The van der Waals surface area contributed by atoms with Crippen molar-refractivity contribution in [2.45, 2.75) is 6.92 Å². The Bertz CT molecular complexity index is 656. The van der Waals surface area contributed by atoms with Crippen molar-refractivity contribution in [3.05, 3.63) is 53.3 Å². The smallest absolute Gasteiger partial charge is 0.337 e. The van der Waals surface area contributed by atoms with Crippen LogP contribution in [0, 0.1) is 12.7 Å². The molecule has 0 heterocycles. The molecule has 20 heavy (non-hydrogen) atoms. The third kappa shape index (κ3) is 2.88. The van der Waals surface area contributed by atoms with Gasteiger partial charge in [-0.2, -0.15) is 0 Å². The summed E-state index contributed by atoms with van der Waals surface area (Å²) in [6.45, 7) is 1.64. The van der Waals surface area contributed by atoms with Crippen molar-refractivity contribution in [3.8, 4) is 11.5 Å². The van der Waals surface area contributed by atoms with E-state index >= 15 is 0 Å². The van der Waals surface area contributed by atoms with Gasteiger partial charge in [-0.3, -0.25) is 0 Å². The monoisotopic (exact) mass is 275 g/mol. The molecule has 0 radical (unpaired) electrons. The molecule has 2 aromatic carbocycles. The summed E-state index contributed by atoms with van der Waals surface area (Å²) in [5.41, 5.74) is 6.94. The van der Waals surface area contributed by atoms with Gasteiger partial charge in [-0.15, -0.1) is 0 Å². The van der Waals surface area contributed by atoms with E-state index in [1.165, 1.54) is 25.3 Å². The fourth-order valence-corrected chi connectivity index (χ4v) is 1.69. The number of carbonyl (C=O) groups is 1. The topological polar surface area (TPSA) is 61.5 Å². The Kier molecular flexibility index (Phi) is 3.89. The van der Waals surface area contributed by atoms with E-state index in [-0.39, 0.29) is 5.82 Å². The maximum Gasteiger partial charge on any atom is 0.337 e. The molecule has 4 nitrogen and oxygen atoms in total. The Morgan fingerprint density at radius 3 is 2.55 bits per heavy atom. The van der Waals surface area contributed by atoms with Crippen LogP contribution in [0.3, 0.4) is 0 Å². The van der Waals surface area contributed by atoms with Crippen molar-refractivity contribution in [2.24, 2.45) is 0 Å². The third-order valence-electron chi connectivity index (χ3n) is 2.79. The summed E-state index contributed by atoms with van der Waals surface area (Å²) in [5, 5.41) is 0. The number of esters is 1. The molecule has 0 aromatic heterocycles. The lowest BCUT2D eigenvalue weighted by Gasteiger charge is -2.10. The van der Waals surface area contributed by atoms with Gasteiger partial charge in [0, 0.05) is 0 Å². The average molecular weight is 275 g/mol. The Morgan fingerprint density at radius 1 is 1.20 bits per heavy atom. The van der Waals surface area contributed by atoms with Crippen molar-refractivity contribution in [1.29, 1.82) is 0 Å². The second-order valence-corrected chi connectivity index (χ2v) is 4.26. The predicted octanol–water partition coefficient (Wildman–Crippen LogP) is 3.30. The standard InChI is InChI=1S/C15H14FNO3/c1-9-7-11(4-5-12(9)16)20-14-6-3-10(8-13(14)17)15(18)19-2/h3-8H,17H2,1-2H3. The van der Waals surface area contributed by atoms with Crippen LogP contribution >= 0.6 is 0 Å². The molecular formula is C15H14FNO3. The zero-order chi connectivity index (χ0) is 14.7. The number of rotatable bonds is 3. The van der Waals surface area contributed by atoms with Gasteiger partial charge in [0.25, 0.3) is 0 Å². The number of nitrogen functional groups attached to an aromatic ring is 1. The Balaban J connectivity index is 2.25. The zero-order valence-electron chi connectivity index (χ0n) is 11.1. The normalized spacial score (nSPS) is 10.2. The van der Waals surface area contributed by atoms with Gasteiger partial charge in [0.1, 0.15) is 17.3 Å². The molecule has 0 atom stereocenters. The summed E-state index contributed by atoms with van der Waals surface area (Å²) in [6, 6.07) is 8.99. The quantitative estimate of drug-likeness (QED) is 0.689. The molecule has 0 saturated carbocycles. The zero-order valence-corrected chi connectivity index (χ0v) is 11.1. The summed E-state index contributed by atoms with van der Waals surface area (Å²) in [6.07, 6.45) is 0. The Hall–Kier alpha value is -2.56. The highest BCUT2D eigenvalue weighted by atomic mass is 19.1. The molecule has 104 valence electrons. The van der Waals surface area contributed by atoms with E-state index in [1.54, 1.807) is 25.1 Å². The molecule has 0 aliphatic heterocycles. The van der Waals surface area contributed by atoms with Crippen molar-refractivity contribution < 1.29 is 18.7 Å². The van der Waals surface area contributed by atoms with Gasteiger partial charge in [-0.05, 0) is 48.9 Å². The van der Waals surface area contributed by atoms with Gasteiger partial charge in [-0.25, -0.2) is 9.18 Å². The van der Waals surface area contributed by atoms with Gasteiger partial charge in [0.05, 0.1) is 18.4 Å². The van der Waals surface area contributed by atoms with Gasteiger partial charge in [0.2, 0.25) is 0 Å². The fraction of sp³-hybridized carbons (Fsp3) is 0.133. The fourth-order valence-electron chi connectivity index (χ4n) is 1.69. The maximum absolute atomic E-state index is 13.2. The first-order valence-corrected chi connectivity index (χ1v) is 5.93. The highest BCUT2D eigenvalue weighted by Gasteiger charge is 2.10. The first-order chi connectivity index (χ1) is 9.51. The number of anilines is 1. The van der Waals surface area contributed by atoms with Crippen LogP contribution in [-0.4, -0.2) is 13.1 Å². The van der Waals surface area contributed by atoms with Crippen molar-refractivity contribution in [1.82, 2.24) is 0 Å². The molecule has 0 unspecified atom stereocenters. The Labute approximate surface area is 115 Å². The molecule has 0 amide bonds. The van der Waals surface area contributed by atoms with Crippen molar-refractivity contribution in [2.75, 3.05) is 12.8 Å². The highest BCUT2D eigenvalue weighted by Crippen LogP contribution is 2.29. The van der Waals surface area contributed by atoms with E-state index in [4.69, 9.17) is 10.5 Å². The summed E-state index contributed by atoms with van der Waals surface area (Å²) < 4.78 is 23.3. The second kappa shape index (κ2) is 5.61. The van der Waals surface area contributed by atoms with Crippen LogP contribution in [0.15, 0.2) is 36.4 Å². The summed E-state index contributed by atoms with van der Waals surface area (Å²) >= 11 is 0. The van der Waals surface area contributed by atoms with Crippen LogP contribution < -0.4 is 10.5 Å². The molecule has 0 fully saturated rings. The first-order valence-electron chi connectivity index (χ1n) is 5.93. The van der Waals surface area contributed by atoms with Crippen LogP contribution in [0.2, 0.25) is 0 Å². The number of carbonyl (C=O) groups excluding carboxylic acids is 1. The summed E-state index contributed by atoms with van der Waals surface area (Å²) in [5.74, 6) is 0.0947. The summed E-state index contributed by atoms with van der Waals surface area (Å²) in [4.78, 5) is 11.4. The second-order valence-electron chi connectivity index (χ2n) is 4.26. The van der Waals surface area contributed by atoms with Crippen LogP contribution in [0.25, 0.3) is 0 Å². The van der Waals surface area contributed by atoms with Gasteiger partial charge in [-0.1, -0.05) is 0 Å². The number of ether oxygens (including phenoxy) is 2. The van der Waals surface area contributed by atoms with Crippen LogP contribution in [0.4, 0.5) is 10.1 Å². The van der Waals surface area contributed by atoms with Crippen LogP contribution in [0.5, 0.6) is 11.5 Å².